The molecule has 5 nitrogen and oxygen atoms in total. The first-order chi connectivity index (χ1) is 10.0. The van der Waals surface area contributed by atoms with E-state index in [0.29, 0.717) is 18.0 Å². The zero-order valence-corrected chi connectivity index (χ0v) is 12.5. The van der Waals surface area contributed by atoms with Crippen molar-refractivity contribution in [3.05, 3.63) is 29.3 Å². The van der Waals surface area contributed by atoms with Crippen LogP contribution in [0.15, 0.2) is 18.2 Å². The highest BCUT2D eigenvalue weighted by Crippen LogP contribution is 2.33. The highest BCUT2D eigenvalue weighted by Gasteiger charge is 2.32. The van der Waals surface area contributed by atoms with Crippen molar-refractivity contribution >= 4 is 17.5 Å². The summed E-state index contributed by atoms with van der Waals surface area (Å²) in [7, 11) is 0. The van der Waals surface area contributed by atoms with Crippen molar-refractivity contribution in [1.82, 2.24) is 5.32 Å². The van der Waals surface area contributed by atoms with Crippen LogP contribution in [0.25, 0.3) is 0 Å². The summed E-state index contributed by atoms with van der Waals surface area (Å²) in [5.74, 6) is -0.907. The average molecular weight is 290 g/mol. The van der Waals surface area contributed by atoms with Crippen LogP contribution in [-0.4, -0.2) is 29.6 Å². The van der Waals surface area contributed by atoms with Crippen molar-refractivity contribution < 1.29 is 14.7 Å². The molecule has 1 aliphatic carbocycles. The zero-order valence-electron chi connectivity index (χ0n) is 12.5. The van der Waals surface area contributed by atoms with E-state index in [1.54, 1.807) is 6.07 Å². The van der Waals surface area contributed by atoms with E-state index in [-0.39, 0.29) is 12.6 Å². The lowest BCUT2D eigenvalue weighted by Crippen LogP contribution is -2.43. The third kappa shape index (κ3) is 4.29. The van der Waals surface area contributed by atoms with Gasteiger partial charge in [-0.3, -0.25) is 9.59 Å². The summed E-state index contributed by atoms with van der Waals surface area (Å²) in [5, 5.41) is 14.3. The van der Waals surface area contributed by atoms with Gasteiger partial charge in [0, 0.05) is 18.3 Å². The van der Waals surface area contributed by atoms with Crippen LogP contribution in [0.1, 0.15) is 30.4 Å². The number of carbonyl (C=O) groups excluding carboxylic acids is 2. The second-order valence-electron chi connectivity index (χ2n) is 5.68. The van der Waals surface area contributed by atoms with E-state index in [1.165, 1.54) is 0 Å². The van der Waals surface area contributed by atoms with Crippen molar-refractivity contribution in [2.75, 3.05) is 11.9 Å². The lowest BCUT2D eigenvalue weighted by Gasteiger charge is -2.16. The Morgan fingerprint density at radius 3 is 2.52 bits per heavy atom. The summed E-state index contributed by atoms with van der Waals surface area (Å²) < 4.78 is 0. The summed E-state index contributed by atoms with van der Waals surface area (Å²) in [6, 6.07) is 5.42. The molecule has 1 unspecified atom stereocenters. The molecule has 1 fully saturated rings. The van der Waals surface area contributed by atoms with Crippen LogP contribution in [0, 0.1) is 19.8 Å². The summed E-state index contributed by atoms with van der Waals surface area (Å²) in [4.78, 5) is 23.8. The summed E-state index contributed by atoms with van der Waals surface area (Å²) in [6.45, 7) is 3.96. The Labute approximate surface area is 124 Å². The number of rotatable bonds is 5. The smallest absolute Gasteiger partial charge is 0.313 e. The molecular weight excluding hydrogens is 268 g/mol. The average Bonchev–Trinajstić information content (AvgIpc) is 3.26. The first kappa shape index (κ1) is 15.5. The molecule has 1 aliphatic rings. The van der Waals surface area contributed by atoms with Crippen molar-refractivity contribution in [2.24, 2.45) is 5.92 Å². The van der Waals surface area contributed by atoms with Gasteiger partial charge in [-0.25, -0.2) is 0 Å². The Balaban J connectivity index is 1.92. The molecule has 114 valence electrons. The molecule has 1 aromatic carbocycles. The van der Waals surface area contributed by atoms with Crippen molar-refractivity contribution in [2.45, 2.75) is 39.2 Å². The molecule has 21 heavy (non-hydrogen) atoms. The van der Waals surface area contributed by atoms with Gasteiger partial charge >= 0.3 is 11.8 Å². The normalized spacial score (nSPS) is 15.4. The van der Waals surface area contributed by atoms with Gasteiger partial charge in [-0.05, 0) is 62.3 Å². The Kier molecular flexibility index (Phi) is 4.96. The van der Waals surface area contributed by atoms with Crippen LogP contribution in [0.5, 0.6) is 0 Å². The molecule has 2 amide bonds. The lowest BCUT2D eigenvalue weighted by molar-refractivity contribution is -0.136. The van der Waals surface area contributed by atoms with E-state index in [0.717, 1.165) is 24.0 Å². The Morgan fingerprint density at radius 1 is 1.24 bits per heavy atom. The van der Waals surface area contributed by atoms with Crippen molar-refractivity contribution in [3.8, 4) is 0 Å². The molecule has 0 aliphatic heterocycles. The topological polar surface area (TPSA) is 78.4 Å². The molecule has 1 atom stereocenters. The molecule has 0 aromatic heterocycles. The number of benzene rings is 1. The fraction of sp³-hybridized carbons (Fsp3) is 0.500. The molecular formula is C16H22N2O3. The largest absolute Gasteiger partial charge is 0.396 e. The van der Waals surface area contributed by atoms with E-state index >= 15 is 0 Å². The summed E-state index contributed by atoms with van der Waals surface area (Å²) >= 11 is 0. The fourth-order valence-electron chi connectivity index (χ4n) is 2.30. The third-order valence-electron chi connectivity index (χ3n) is 3.92. The molecule has 1 saturated carbocycles. The van der Waals surface area contributed by atoms with Crippen LogP contribution in [-0.2, 0) is 9.59 Å². The monoisotopic (exact) mass is 290 g/mol. The number of aliphatic hydroxyl groups is 1. The number of hydrogen-bond donors (Lipinski definition) is 3. The number of anilines is 1. The predicted molar refractivity (Wildman–Crippen MR) is 80.9 cm³/mol. The number of hydrogen-bond acceptors (Lipinski definition) is 3. The highest BCUT2D eigenvalue weighted by molar-refractivity contribution is 6.39. The maximum absolute atomic E-state index is 11.9. The quantitative estimate of drug-likeness (QED) is 0.719. The molecule has 1 aromatic rings. The Hall–Kier alpha value is -1.88. The SMILES string of the molecule is Cc1ccc(NC(=O)C(=O)NC(CCO)C2CC2)cc1C. The molecule has 0 bridgehead atoms. The van der Waals surface area contributed by atoms with E-state index in [9.17, 15) is 9.59 Å². The van der Waals surface area contributed by atoms with Gasteiger partial charge in [0.2, 0.25) is 0 Å². The number of nitrogens with one attached hydrogen (secondary N) is 2. The first-order valence-corrected chi connectivity index (χ1v) is 7.31. The van der Waals surface area contributed by atoms with E-state index in [1.807, 2.05) is 26.0 Å². The van der Waals surface area contributed by atoms with Crippen LogP contribution in [0.2, 0.25) is 0 Å². The predicted octanol–water partition coefficient (Wildman–Crippen LogP) is 1.52. The summed E-state index contributed by atoms with van der Waals surface area (Å²) in [5.41, 5.74) is 2.81. The number of aliphatic hydroxyl groups excluding tert-OH is 1. The van der Waals surface area contributed by atoms with Crippen molar-refractivity contribution in [3.63, 3.8) is 0 Å². The van der Waals surface area contributed by atoms with E-state index < -0.39 is 11.8 Å². The lowest BCUT2D eigenvalue weighted by atomic mass is 10.1. The van der Waals surface area contributed by atoms with Gasteiger partial charge in [0.25, 0.3) is 0 Å². The number of carbonyl (C=O) groups is 2. The van der Waals surface area contributed by atoms with E-state index in [2.05, 4.69) is 10.6 Å². The maximum Gasteiger partial charge on any atom is 0.313 e. The van der Waals surface area contributed by atoms with Crippen LogP contribution >= 0.6 is 0 Å². The maximum atomic E-state index is 11.9. The number of amides is 2. The molecule has 5 heteroatoms. The van der Waals surface area contributed by atoms with Gasteiger partial charge in [0.1, 0.15) is 0 Å². The van der Waals surface area contributed by atoms with Crippen LogP contribution in [0.4, 0.5) is 5.69 Å². The molecule has 0 saturated heterocycles. The van der Waals surface area contributed by atoms with Gasteiger partial charge < -0.3 is 15.7 Å². The number of aryl methyl sites for hydroxylation is 2. The van der Waals surface area contributed by atoms with Gasteiger partial charge in [-0.15, -0.1) is 0 Å². The van der Waals surface area contributed by atoms with Crippen molar-refractivity contribution in [1.29, 1.82) is 0 Å². The molecule has 0 spiro atoms. The fourth-order valence-corrected chi connectivity index (χ4v) is 2.30. The minimum absolute atomic E-state index is 0.0141. The van der Waals surface area contributed by atoms with Gasteiger partial charge in [0.15, 0.2) is 0 Å². The second-order valence-corrected chi connectivity index (χ2v) is 5.68. The van der Waals surface area contributed by atoms with Gasteiger partial charge in [-0.1, -0.05) is 6.07 Å². The summed E-state index contributed by atoms with van der Waals surface area (Å²) in [6.07, 6.45) is 2.58. The zero-order chi connectivity index (χ0) is 15.4. The molecule has 0 heterocycles. The second kappa shape index (κ2) is 6.72. The molecule has 3 N–H and O–H groups in total. The third-order valence-corrected chi connectivity index (χ3v) is 3.92. The standard InChI is InChI=1S/C16H22N2O3/c1-10-3-6-13(9-11(10)2)17-15(20)16(21)18-14(7-8-19)12-4-5-12/h3,6,9,12,14,19H,4-5,7-8H2,1-2H3,(H,17,20)(H,18,21). The van der Waals surface area contributed by atoms with Crippen LogP contribution in [0.3, 0.4) is 0 Å². The first-order valence-electron chi connectivity index (χ1n) is 7.31. The minimum Gasteiger partial charge on any atom is -0.396 e. The molecule has 2 rings (SSSR count). The molecule has 0 radical (unpaired) electrons. The van der Waals surface area contributed by atoms with Gasteiger partial charge in [0.05, 0.1) is 0 Å². The highest BCUT2D eigenvalue weighted by atomic mass is 16.3. The van der Waals surface area contributed by atoms with Gasteiger partial charge in [-0.2, -0.15) is 0 Å². The van der Waals surface area contributed by atoms with E-state index in [4.69, 9.17) is 5.11 Å². The Morgan fingerprint density at radius 2 is 1.95 bits per heavy atom. The Bertz CT molecular complexity index is 538. The van der Waals surface area contributed by atoms with Crippen LogP contribution < -0.4 is 10.6 Å². The minimum atomic E-state index is -0.665.